The van der Waals surface area contributed by atoms with E-state index in [0.717, 1.165) is 16.9 Å². The van der Waals surface area contributed by atoms with Crippen LogP contribution in [0.4, 0.5) is 11.4 Å². The van der Waals surface area contributed by atoms with Crippen molar-refractivity contribution < 1.29 is 0 Å². The molecule has 0 atom stereocenters. The molecule has 2 heteroatoms. The first-order valence-corrected chi connectivity index (χ1v) is 5.97. The second kappa shape index (κ2) is 5.92. The average molecular weight is 236 g/mol. The number of nitrogens with zero attached hydrogens (tertiary/aromatic N) is 2. The second-order valence-electron chi connectivity index (χ2n) is 4.08. The second-order valence-corrected chi connectivity index (χ2v) is 4.08. The van der Waals surface area contributed by atoms with Gasteiger partial charge in [0.2, 0.25) is 0 Å². The third kappa shape index (κ3) is 3.39. The first kappa shape index (κ1) is 12.2. The predicted molar refractivity (Wildman–Crippen MR) is 78.7 cm³/mol. The van der Waals surface area contributed by atoms with E-state index >= 15 is 0 Å². The number of hydrogen-bond donors (Lipinski definition) is 0. The van der Waals surface area contributed by atoms with E-state index in [1.54, 1.807) is 6.21 Å². The molecule has 2 aromatic rings. The number of aryl methyl sites for hydroxylation is 1. The van der Waals surface area contributed by atoms with Crippen LogP contribution < -0.4 is 0 Å². The van der Waals surface area contributed by atoms with E-state index in [9.17, 15) is 0 Å². The highest BCUT2D eigenvalue weighted by molar-refractivity contribution is 5.82. The van der Waals surface area contributed by atoms with Gasteiger partial charge in [0.25, 0.3) is 0 Å². The average Bonchev–Trinajstić information content (AvgIpc) is 2.39. The van der Waals surface area contributed by atoms with Crippen molar-refractivity contribution in [2.75, 3.05) is 0 Å². The molecule has 18 heavy (non-hydrogen) atoms. The maximum absolute atomic E-state index is 4.45. The summed E-state index contributed by atoms with van der Waals surface area (Å²) in [6.07, 6.45) is 3.65. The molecule has 2 aromatic carbocycles. The Hall–Kier alpha value is -2.22. The van der Waals surface area contributed by atoms with E-state index in [4.69, 9.17) is 0 Å². The fourth-order valence-corrected chi connectivity index (χ4v) is 1.60. The zero-order valence-electron chi connectivity index (χ0n) is 10.7. The minimum Gasteiger partial charge on any atom is -0.261 e. The van der Waals surface area contributed by atoms with Crippen LogP contribution in [0.25, 0.3) is 0 Å². The van der Waals surface area contributed by atoms with Crippen molar-refractivity contribution in [3.8, 4) is 0 Å². The summed E-state index contributed by atoms with van der Waals surface area (Å²) in [6.45, 7) is 3.98. The Kier molecular flexibility index (Phi) is 4.02. The van der Waals surface area contributed by atoms with Gasteiger partial charge in [0.15, 0.2) is 0 Å². The summed E-state index contributed by atoms with van der Waals surface area (Å²) in [5.41, 5.74) is 4.20. The summed E-state index contributed by atoms with van der Waals surface area (Å²) in [7, 11) is 0. The maximum atomic E-state index is 4.45. The van der Waals surface area contributed by atoms with Crippen LogP contribution in [0, 0.1) is 6.92 Å². The molecular formula is C16H16N2. The van der Waals surface area contributed by atoms with Gasteiger partial charge in [-0.05, 0) is 37.6 Å². The summed E-state index contributed by atoms with van der Waals surface area (Å²) in [6, 6.07) is 16.1. The van der Waals surface area contributed by atoms with Crippen molar-refractivity contribution in [1.29, 1.82) is 0 Å². The molecule has 0 spiro atoms. The summed E-state index contributed by atoms with van der Waals surface area (Å²) < 4.78 is 0. The zero-order valence-corrected chi connectivity index (χ0v) is 10.7. The lowest BCUT2D eigenvalue weighted by Crippen LogP contribution is -1.80. The highest BCUT2D eigenvalue weighted by atomic mass is 14.7. The third-order valence-electron chi connectivity index (χ3n) is 2.55. The van der Waals surface area contributed by atoms with Crippen molar-refractivity contribution in [3.05, 3.63) is 59.7 Å². The van der Waals surface area contributed by atoms with Crippen LogP contribution in [0.15, 0.2) is 58.5 Å². The molecule has 0 aliphatic heterocycles. The predicted octanol–water partition coefficient (Wildman–Crippen LogP) is 4.47. The standard InChI is InChI=1S/C16H16N2/c1-3-17-15-5-4-6-16(11-15)18-12-14-9-7-13(2)8-10-14/h3-12H,1-2H3/b17-3+,18-12+. The van der Waals surface area contributed by atoms with Gasteiger partial charge in [0.05, 0.1) is 11.4 Å². The van der Waals surface area contributed by atoms with Gasteiger partial charge in [-0.25, -0.2) is 0 Å². The minimum absolute atomic E-state index is 0.915. The first-order valence-electron chi connectivity index (χ1n) is 5.97. The quantitative estimate of drug-likeness (QED) is 0.702. The molecule has 0 unspecified atom stereocenters. The third-order valence-corrected chi connectivity index (χ3v) is 2.55. The van der Waals surface area contributed by atoms with Crippen LogP contribution in [0.1, 0.15) is 18.1 Å². The van der Waals surface area contributed by atoms with Crippen LogP contribution >= 0.6 is 0 Å². The molecule has 0 aliphatic carbocycles. The van der Waals surface area contributed by atoms with E-state index in [1.165, 1.54) is 5.56 Å². The maximum Gasteiger partial charge on any atom is 0.0651 e. The lowest BCUT2D eigenvalue weighted by Gasteiger charge is -1.97. The van der Waals surface area contributed by atoms with Crippen molar-refractivity contribution in [1.82, 2.24) is 0 Å². The van der Waals surface area contributed by atoms with Crippen molar-refractivity contribution in [2.45, 2.75) is 13.8 Å². The number of aliphatic imine (C=N–C) groups is 2. The fourth-order valence-electron chi connectivity index (χ4n) is 1.60. The van der Waals surface area contributed by atoms with E-state index in [0.29, 0.717) is 0 Å². The van der Waals surface area contributed by atoms with Gasteiger partial charge in [-0.3, -0.25) is 9.98 Å². The Balaban J connectivity index is 2.18. The van der Waals surface area contributed by atoms with Gasteiger partial charge < -0.3 is 0 Å². The zero-order chi connectivity index (χ0) is 12.8. The topological polar surface area (TPSA) is 24.7 Å². The molecule has 0 saturated carbocycles. The van der Waals surface area contributed by atoms with Crippen molar-refractivity contribution in [3.63, 3.8) is 0 Å². The Morgan fingerprint density at radius 3 is 2.22 bits per heavy atom. The van der Waals surface area contributed by atoms with Crippen molar-refractivity contribution in [2.24, 2.45) is 9.98 Å². The molecule has 0 aromatic heterocycles. The number of benzene rings is 2. The Morgan fingerprint density at radius 2 is 1.56 bits per heavy atom. The van der Waals surface area contributed by atoms with Crippen LogP contribution in [0.2, 0.25) is 0 Å². The van der Waals surface area contributed by atoms with Crippen LogP contribution in [-0.4, -0.2) is 12.4 Å². The Bertz CT molecular complexity index is 566. The van der Waals surface area contributed by atoms with E-state index in [1.807, 2.05) is 37.4 Å². The lowest BCUT2D eigenvalue weighted by atomic mass is 10.2. The smallest absolute Gasteiger partial charge is 0.0651 e. The number of rotatable bonds is 3. The van der Waals surface area contributed by atoms with E-state index in [2.05, 4.69) is 41.2 Å². The molecule has 2 nitrogen and oxygen atoms in total. The van der Waals surface area contributed by atoms with Gasteiger partial charge in [0.1, 0.15) is 0 Å². The monoisotopic (exact) mass is 236 g/mol. The van der Waals surface area contributed by atoms with Gasteiger partial charge in [-0.15, -0.1) is 0 Å². The molecule has 0 N–H and O–H groups in total. The molecule has 0 amide bonds. The summed E-state index contributed by atoms with van der Waals surface area (Å²) in [4.78, 5) is 8.69. The Morgan fingerprint density at radius 1 is 0.889 bits per heavy atom. The Labute approximate surface area is 108 Å². The molecular weight excluding hydrogens is 220 g/mol. The highest BCUT2D eigenvalue weighted by Crippen LogP contribution is 2.19. The molecule has 90 valence electrons. The molecule has 0 bridgehead atoms. The van der Waals surface area contributed by atoms with Gasteiger partial charge in [0, 0.05) is 12.4 Å². The van der Waals surface area contributed by atoms with E-state index in [-0.39, 0.29) is 0 Å². The lowest BCUT2D eigenvalue weighted by molar-refractivity contribution is 1.45. The largest absolute Gasteiger partial charge is 0.261 e. The normalized spacial score (nSPS) is 11.4. The van der Waals surface area contributed by atoms with Gasteiger partial charge in [-0.2, -0.15) is 0 Å². The van der Waals surface area contributed by atoms with Crippen LogP contribution in [0.5, 0.6) is 0 Å². The van der Waals surface area contributed by atoms with E-state index < -0.39 is 0 Å². The summed E-state index contributed by atoms with van der Waals surface area (Å²) >= 11 is 0. The number of hydrogen-bond acceptors (Lipinski definition) is 2. The highest BCUT2D eigenvalue weighted by Gasteiger charge is 1.92. The molecule has 0 fully saturated rings. The van der Waals surface area contributed by atoms with Crippen LogP contribution in [0.3, 0.4) is 0 Å². The summed E-state index contributed by atoms with van der Waals surface area (Å²) in [5, 5.41) is 0. The van der Waals surface area contributed by atoms with Crippen LogP contribution in [-0.2, 0) is 0 Å². The molecule has 2 rings (SSSR count). The molecule has 0 radical (unpaired) electrons. The molecule has 0 saturated heterocycles. The first-order chi connectivity index (χ1) is 8.78. The van der Waals surface area contributed by atoms with Crippen molar-refractivity contribution >= 4 is 23.8 Å². The van der Waals surface area contributed by atoms with Gasteiger partial charge in [-0.1, -0.05) is 35.9 Å². The fraction of sp³-hybridized carbons (Fsp3) is 0.125. The summed E-state index contributed by atoms with van der Waals surface area (Å²) in [5.74, 6) is 0. The SMILES string of the molecule is C/C=N/c1cccc(/N=C/c2ccc(C)cc2)c1. The van der Waals surface area contributed by atoms with Gasteiger partial charge >= 0.3 is 0 Å². The molecule has 0 aliphatic rings. The minimum atomic E-state index is 0.915. The molecule has 0 heterocycles.